The number of hydrogen-bond acceptors (Lipinski definition) is 5. The lowest BCUT2D eigenvalue weighted by Crippen LogP contribution is -2.50. The summed E-state index contributed by atoms with van der Waals surface area (Å²) in [5, 5.41) is 6.16. The fraction of sp³-hybridized carbons (Fsp3) is 0.297. The number of nitrogen functional groups attached to an aromatic ring is 1. The number of hydrogen-bond donors (Lipinski definition) is 1. The summed E-state index contributed by atoms with van der Waals surface area (Å²) in [5.74, 6) is 0. The SMILES string of the molecule is CN(c1cc2c(Br)nn(C(c3ccccc3)(c3ccccc3)c3ccccc3)c2cc1N)[C@@H]1CCCN(C(=O)OC(C)(C)C)C1. The van der Waals surface area contributed by atoms with Crippen LogP contribution in [0.3, 0.4) is 0 Å². The lowest BCUT2D eigenvalue weighted by Gasteiger charge is -2.39. The summed E-state index contributed by atoms with van der Waals surface area (Å²) in [7, 11) is 2.06. The molecule has 5 aromatic rings. The molecule has 0 unspecified atom stereocenters. The zero-order valence-electron chi connectivity index (χ0n) is 26.3. The molecule has 1 fully saturated rings. The van der Waals surface area contributed by atoms with Gasteiger partial charge < -0.3 is 20.3 Å². The first-order valence-corrected chi connectivity index (χ1v) is 16.2. The monoisotopic (exact) mass is 665 g/mol. The van der Waals surface area contributed by atoms with Gasteiger partial charge in [-0.25, -0.2) is 9.48 Å². The number of carbonyl (C=O) groups is 1. The van der Waals surface area contributed by atoms with Crippen LogP contribution in [0.2, 0.25) is 0 Å². The van der Waals surface area contributed by atoms with Crippen molar-refractivity contribution in [2.75, 3.05) is 30.8 Å². The van der Waals surface area contributed by atoms with Crippen molar-refractivity contribution < 1.29 is 9.53 Å². The Bertz CT molecular complexity index is 1690. The van der Waals surface area contributed by atoms with Gasteiger partial charge in [0.05, 0.1) is 16.9 Å². The largest absolute Gasteiger partial charge is 0.444 e. The van der Waals surface area contributed by atoms with Gasteiger partial charge >= 0.3 is 6.09 Å². The number of likely N-dealkylation sites (N-methyl/N-ethyl adjacent to an activating group) is 1. The van der Waals surface area contributed by atoms with E-state index < -0.39 is 11.1 Å². The van der Waals surface area contributed by atoms with Crippen molar-refractivity contribution in [2.45, 2.75) is 50.8 Å². The molecule has 8 heteroatoms. The number of nitrogens with zero attached hydrogens (tertiary/aromatic N) is 4. The number of piperidine rings is 1. The highest BCUT2D eigenvalue weighted by molar-refractivity contribution is 9.10. The summed E-state index contributed by atoms with van der Waals surface area (Å²) in [4.78, 5) is 16.9. The van der Waals surface area contributed by atoms with Crippen molar-refractivity contribution in [1.82, 2.24) is 14.7 Å². The predicted molar refractivity (Wildman–Crippen MR) is 186 cm³/mol. The van der Waals surface area contributed by atoms with Gasteiger partial charge in [-0.2, -0.15) is 5.10 Å². The zero-order chi connectivity index (χ0) is 31.8. The molecule has 1 aliphatic rings. The standard InChI is InChI=1S/C37H40BrN5O2/c1-36(2,3)45-35(44)42-22-14-21-29(25-42)41(4)33-23-30-32(24-31(33)39)43(40-34(30)38)37(26-15-8-5-9-16-26,27-17-10-6-11-18-27)28-19-12-7-13-20-28/h5-13,15-20,23-24,29H,14,21-22,25,39H2,1-4H3/t29-/m1/s1. The number of amides is 1. The van der Waals surface area contributed by atoms with Crippen LogP contribution in [-0.2, 0) is 10.3 Å². The van der Waals surface area contributed by atoms with Crippen LogP contribution in [0.5, 0.6) is 0 Å². The summed E-state index contributed by atoms with van der Waals surface area (Å²) in [6.07, 6.45) is 1.57. The summed E-state index contributed by atoms with van der Waals surface area (Å²) >= 11 is 3.83. The van der Waals surface area contributed by atoms with Crippen molar-refractivity contribution in [1.29, 1.82) is 0 Å². The number of ether oxygens (including phenoxy) is 1. The second-order valence-electron chi connectivity index (χ2n) is 12.8. The smallest absolute Gasteiger partial charge is 0.410 e. The third-order valence-corrected chi connectivity index (χ3v) is 9.24. The Morgan fingerprint density at radius 1 is 0.911 bits per heavy atom. The van der Waals surface area contributed by atoms with Crippen molar-refractivity contribution >= 4 is 44.3 Å². The van der Waals surface area contributed by atoms with Gasteiger partial charge in [0.2, 0.25) is 0 Å². The van der Waals surface area contributed by atoms with E-state index in [-0.39, 0.29) is 12.1 Å². The van der Waals surface area contributed by atoms with Crippen LogP contribution in [0, 0.1) is 0 Å². The molecular weight excluding hydrogens is 626 g/mol. The molecule has 2 N–H and O–H groups in total. The van der Waals surface area contributed by atoms with E-state index in [2.05, 4.69) is 111 Å². The van der Waals surface area contributed by atoms with Crippen LogP contribution < -0.4 is 10.6 Å². The van der Waals surface area contributed by atoms with Gasteiger partial charge in [0.1, 0.15) is 15.7 Å². The Morgan fingerprint density at radius 3 is 1.96 bits per heavy atom. The third kappa shape index (κ3) is 5.79. The number of fused-ring (bicyclic) bond motifs is 1. The number of benzene rings is 4. The second-order valence-corrected chi connectivity index (χ2v) is 13.5. The van der Waals surface area contributed by atoms with Gasteiger partial charge in [-0.05, 0) is 78.4 Å². The number of likely N-dealkylation sites (tertiary alicyclic amines) is 1. The average molecular weight is 667 g/mol. The summed E-state index contributed by atoms with van der Waals surface area (Å²) in [6.45, 7) is 6.95. The number of carbonyl (C=O) groups excluding carboxylic acids is 1. The van der Waals surface area contributed by atoms with E-state index in [1.807, 2.05) is 49.9 Å². The van der Waals surface area contributed by atoms with Gasteiger partial charge in [0.25, 0.3) is 0 Å². The maximum atomic E-state index is 12.9. The molecule has 1 aromatic heterocycles. The first-order valence-electron chi connectivity index (χ1n) is 15.4. The van der Waals surface area contributed by atoms with E-state index in [1.54, 1.807) is 0 Å². The Kier molecular flexibility index (Phi) is 8.35. The Balaban J connectivity index is 1.48. The fourth-order valence-electron chi connectivity index (χ4n) is 6.55. The van der Waals surface area contributed by atoms with Gasteiger partial charge in [0.15, 0.2) is 0 Å². The Morgan fingerprint density at radius 2 is 1.44 bits per heavy atom. The van der Waals surface area contributed by atoms with Crippen LogP contribution in [0.4, 0.5) is 16.2 Å². The normalized spacial score (nSPS) is 15.7. The highest BCUT2D eigenvalue weighted by atomic mass is 79.9. The lowest BCUT2D eigenvalue weighted by molar-refractivity contribution is 0.0199. The number of aromatic nitrogens is 2. The molecule has 7 nitrogen and oxygen atoms in total. The van der Waals surface area contributed by atoms with E-state index >= 15 is 0 Å². The highest BCUT2D eigenvalue weighted by Gasteiger charge is 2.41. The predicted octanol–water partition coefficient (Wildman–Crippen LogP) is 8.06. The van der Waals surface area contributed by atoms with Crippen LogP contribution >= 0.6 is 15.9 Å². The Hall–Kier alpha value is -4.30. The highest BCUT2D eigenvalue weighted by Crippen LogP contribution is 2.45. The molecule has 1 saturated heterocycles. The number of halogens is 1. The molecule has 0 bridgehead atoms. The Labute approximate surface area is 273 Å². The van der Waals surface area contributed by atoms with Crippen molar-refractivity contribution in [3.63, 3.8) is 0 Å². The quantitative estimate of drug-likeness (QED) is 0.147. The molecular formula is C37H40BrN5O2. The summed E-state index contributed by atoms with van der Waals surface area (Å²) < 4.78 is 8.52. The maximum absolute atomic E-state index is 12.9. The number of anilines is 2. The molecule has 1 aliphatic heterocycles. The van der Waals surface area contributed by atoms with Crippen LogP contribution in [-0.4, -0.2) is 52.6 Å². The molecule has 45 heavy (non-hydrogen) atoms. The molecule has 4 aromatic carbocycles. The molecule has 2 heterocycles. The number of rotatable bonds is 6. The molecule has 232 valence electrons. The van der Waals surface area contributed by atoms with Crippen LogP contribution in [0.15, 0.2) is 108 Å². The minimum absolute atomic E-state index is 0.0943. The van der Waals surface area contributed by atoms with Crippen molar-refractivity contribution in [3.05, 3.63) is 124 Å². The summed E-state index contributed by atoms with van der Waals surface area (Å²) in [5.41, 5.74) is 11.3. The van der Waals surface area contributed by atoms with Gasteiger partial charge in [0, 0.05) is 31.6 Å². The maximum Gasteiger partial charge on any atom is 0.410 e. The van der Waals surface area contributed by atoms with E-state index in [1.165, 1.54) is 0 Å². The van der Waals surface area contributed by atoms with E-state index in [0.29, 0.717) is 18.8 Å². The number of nitrogens with two attached hydrogens (primary N) is 1. The third-order valence-electron chi connectivity index (χ3n) is 8.65. The van der Waals surface area contributed by atoms with E-state index in [0.717, 1.165) is 50.7 Å². The van der Waals surface area contributed by atoms with Gasteiger partial charge in [-0.1, -0.05) is 91.0 Å². The molecule has 0 aliphatic carbocycles. The van der Waals surface area contributed by atoms with Crippen molar-refractivity contribution in [3.8, 4) is 0 Å². The zero-order valence-corrected chi connectivity index (χ0v) is 27.9. The van der Waals surface area contributed by atoms with E-state index in [9.17, 15) is 4.79 Å². The molecule has 1 atom stereocenters. The van der Waals surface area contributed by atoms with Crippen LogP contribution in [0.1, 0.15) is 50.3 Å². The second kappa shape index (κ2) is 12.2. The molecule has 0 spiro atoms. The van der Waals surface area contributed by atoms with Gasteiger partial charge in [-0.15, -0.1) is 0 Å². The average Bonchev–Trinajstić information content (AvgIpc) is 3.36. The first-order chi connectivity index (χ1) is 21.6. The summed E-state index contributed by atoms with van der Waals surface area (Å²) in [6, 6.07) is 35.8. The lowest BCUT2D eigenvalue weighted by atomic mass is 9.77. The molecule has 1 amide bonds. The van der Waals surface area contributed by atoms with Crippen LogP contribution in [0.25, 0.3) is 10.9 Å². The topological polar surface area (TPSA) is 76.6 Å². The van der Waals surface area contributed by atoms with Gasteiger partial charge in [-0.3, -0.25) is 0 Å². The minimum Gasteiger partial charge on any atom is -0.444 e. The van der Waals surface area contributed by atoms with E-state index in [4.69, 9.17) is 15.6 Å². The molecule has 0 radical (unpaired) electrons. The first kappa shape index (κ1) is 30.7. The minimum atomic E-state index is -0.773. The molecule has 0 saturated carbocycles. The fourth-order valence-corrected chi connectivity index (χ4v) is 7.03. The van der Waals surface area contributed by atoms with Crippen molar-refractivity contribution in [2.24, 2.45) is 0 Å². The molecule has 6 rings (SSSR count).